The molecular formula is C20H21FN4O2. The number of ether oxygens (including phenoxy) is 1. The maximum absolute atomic E-state index is 14.2. The number of rotatable bonds is 6. The van der Waals surface area contributed by atoms with Crippen molar-refractivity contribution in [1.82, 2.24) is 15.3 Å². The van der Waals surface area contributed by atoms with Crippen molar-refractivity contribution in [2.75, 3.05) is 19.5 Å². The number of anilines is 1. The summed E-state index contributed by atoms with van der Waals surface area (Å²) in [5.41, 5.74) is 2.98. The molecule has 0 aliphatic rings. The van der Waals surface area contributed by atoms with Crippen LogP contribution in [0.2, 0.25) is 0 Å². The fraction of sp³-hybridized carbons (Fsp3) is 0.250. The third kappa shape index (κ3) is 4.03. The lowest BCUT2D eigenvalue weighted by Gasteiger charge is -2.12. The van der Waals surface area contributed by atoms with Crippen LogP contribution in [0, 0.1) is 5.82 Å². The number of fused-ring (bicyclic) bond motifs is 1. The summed E-state index contributed by atoms with van der Waals surface area (Å²) in [7, 11) is 3.25. The Kier molecular flexibility index (Phi) is 5.61. The zero-order valence-corrected chi connectivity index (χ0v) is 15.4. The van der Waals surface area contributed by atoms with Crippen LogP contribution in [0.1, 0.15) is 12.5 Å². The van der Waals surface area contributed by atoms with Gasteiger partial charge in [-0.1, -0.05) is 12.1 Å². The number of carbonyl (C=O) groups is 1. The quantitative estimate of drug-likeness (QED) is 0.699. The molecule has 0 spiro atoms. The molecule has 140 valence electrons. The molecule has 0 aliphatic carbocycles. The maximum atomic E-state index is 14.2. The molecule has 7 heteroatoms. The van der Waals surface area contributed by atoms with Gasteiger partial charge < -0.3 is 15.4 Å². The van der Waals surface area contributed by atoms with Crippen LogP contribution in [0.4, 0.5) is 10.2 Å². The molecule has 1 unspecified atom stereocenters. The molecule has 0 saturated heterocycles. The van der Waals surface area contributed by atoms with Gasteiger partial charge in [0.1, 0.15) is 24.1 Å². The minimum Gasteiger partial charge on any atom is -0.373 e. The van der Waals surface area contributed by atoms with Crippen molar-refractivity contribution in [1.29, 1.82) is 0 Å². The van der Waals surface area contributed by atoms with Crippen molar-refractivity contribution in [3.8, 4) is 11.1 Å². The number of hydrogen-bond acceptors (Lipinski definition) is 5. The van der Waals surface area contributed by atoms with Gasteiger partial charge in [0.15, 0.2) is 0 Å². The number of methoxy groups -OCH3 is 1. The summed E-state index contributed by atoms with van der Waals surface area (Å²) in [6.45, 7) is 1.73. The Morgan fingerprint density at radius 3 is 2.67 bits per heavy atom. The summed E-state index contributed by atoms with van der Waals surface area (Å²) in [5.74, 6) is 0.0676. The molecule has 0 radical (unpaired) electrons. The molecule has 1 heterocycles. The fourth-order valence-electron chi connectivity index (χ4n) is 2.76. The summed E-state index contributed by atoms with van der Waals surface area (Å²) in [6, 6.07) is 10.6. The van der Waals surface area contributed by atoms with Crippen LogP contribution in [0.25, 0.3) is 22.0 Å². The summed E-state index contributed by atoms with van der Waals surface area (Å²) in [6.07, 6.45) is 0.921. The first-order valence-corrected chi connectivity index (χ1v) is 8.55. The van der Waals surface area contributed by atoms with E-state index in [4.69, 9.17) is 4.74 Å². The normalized spacial score (nSPS) is 12.0. The summed E-state index contributed by atoms with van der Waals surface area (Å²) < 4.78 is 19.1. The first kappa shape index (κ1) is 18.7. The highest BCUT2D eigenvalue weighted by molar-refractivity contribution is 5.92. The lowest BCUT2D eigenvalue weighted by atomic mass is 10.0. The number of aromatic nitrogens is 2. The van der Waals surface area contributed by atoms with Crippen molar-refractivity contribution >= 4 is 22.6 Å². The Balaban J connectivity index is 1.91. The first-order valence-electron chi connectivity index (χ1n) is 8.55. The highest BCUT2D eigenvalue weighted by Gasteiger charge is 2.13. The summed E-state index contributed by atoms with van der Waals surface area (Å²) in [5, 5.41) is 6.61. The summed E-state index contributed by atoms with van der Waals surface area (Å²) in [4.78, 5) is 20.3. The average Bonchev–Trinajstić information content (AvgIpc) is 2.71. The Labute approximate surface area is 156 Å². The Morgan fingerprint density at radius 1 is 1.19 bits per heavy atom. The number of benzene rings is 2. The molecule has 3 rings (SSSR count). The van der Waals surface area contributed by atoms with E-state index in [1.54, 1.807) is 26.1 Å². The second-order valence-corrected chi connectivity index (χ2v) is 6.11. The number of hydrogen-bond donors (Lipinski definition) is 2. The lowest BCUT2D eigenvalue weighted by molar-refractivity contribution is -0.130. The highest BCUT2D eigenvalue weighted by Crippen LogP contribution is 2.28. The van der Waals surface area contributed by atoms with Gasteiger partial charge in [-0.2, -0.15) is 0 Å². The SMILES string of the molecule is CNc1ncnc2ccc(-c3ccc(F)c(CNC(=O)C(C)OC)c3)cc12. The molecule has 2 N–H and O–H groups in total. The van der Waals surface area contributed by atoms with E-state index in [1.807, 2.05) is 18.2 Å². The van der Waals surface area contributed by atoms with Gasteiger partial charge in [0.05, 0.1) is 5.52 Å². The predicted octanol–water partition coefficient (Wildman–Crippen LogP) is 3.13. The van der Waals surface area contributed by atoms with Gasteiger partial charge in [-0.3, -0.25) is 4.79 Å². The number of nitrogens with one attached hydrogen (secondary N) is 2. The summed E-state index contributed by atoms with van der Waals surface area (Å²) >= 11 is 0. The fourth-order valence-corrected chi connectivity index (χ4v) is 2.76. The Hall–Kier alpha value is -3.06. The van der Waals surface area contributed by atoms with E-state index in [9.17, 15) is 9.18 Å². The monoisotopic (exact) mass is 368 g/mol. The predicted molar refractivity (Wildman–Crippen MR) is 103 cm³/mol. The Bertz CT molecular complexity index is 977. The van der Waals surface area contributed by atoms with Crippen molar-refractivity contribution in [3.63, 3.8) is 0 Å². The van der Waals surface area contributed by atoms with Gasteiger partial charge in [-0.15, -0.1) is 0 Å². The number of nitrogens with zero attached hydrogens (tertiary/aromatic N) is 2. The molecule has 0 fully saturated rings. The van der Waals surface area contributed by atoms with Crippen LogP contribution in [-0.2, 0) is 16.1 Å². The molecule has 3 aromatic rings. The number of carbonyl (C=O) groups excluding carboxylic acids is 1. The zero-order chi connectivity index (χ0) is 19.4. The smallest absolute Gasteiger partial charge is 0.249 e. The minimum atomic E-state index is -0.586. The van der Waals surface area contributed by atoms with Crippen molar-refractivity contribution in [2.45, 2.75) is 19.6 Å². The van der Waals surface area contributed by atoms with Gasteiger partial charge in [-0.05, 0) is 42.3 Å². The molecule has 6 nitrogen and oxygen atoms in total. The second kappa shape index (κ2) is 8.09. The average molecular weight is 368 g/mol. The van der Waals surface area contributed by atoms with E-state index in [2.05, 4.69) is 20.6 Å². The van der Waals surface area contributed by atoms with E-state index in [0.717, 1.165) is 27.8 Å². The van der Waals surface area contributed by atoms with Gasteiger partial charge in [0, 0.05) is 31.7 Å². The van der Waals surface area contributed by atoms with Gasteiger partial charge in [0.2, 0.25) is 5.91 Å². The second-order valence-electron chi connectivity index (χ2n) is 6.11. The van der Waals surface area contributed by atoms with Gasteiger partial charge >= 0.3 is 0 Å². The van der Waals surface area contributed by atoms with E-state index in [1.165, 1.54) is 19.5 Å². The number of halogens is 1. The maximum Gasteiger partial charge on any atom is 0.249 e. The van der Waals surface area contributed by atoms with Gasteiger partial charge in [0.25, 0.3) is 0 Å². The zero-order valence-electron chi connectivity index (χ0n) is 15.4. The van der Waals surface area contributed by atoms with Gasteiger partial charge in [-0.25, -0.2) is 14.4 Å². The molecule has 27 heavy (non-hydrogen) atoms. The van der Waals surface area contributed by atoms with Crippen LogP contribution in [0.3, 0.4) is 0 Å². The van der Waals surface area contributed by atoms with Crippen LogP contribution in [0.5, 0.6) is 0 Å². The largest absolute Gasteiger partial charge is 0.373 e. The lowest BCUT2D eigenvalue weighted by Crippen LogP contribution is -2.33. The van der Waals surface area contributed by atoms with Crippen molar-refractivity contribution in [2.24, 2.45) is 0 Å². The first-order chi connectivity index (χ1) is 13.0. The molecular weight excluding hydrogens is 347 g/mol. The molecule has 0 aliphatic heterocycles. The van der Waals surface area contributed by atoms with Crippen LogP contribution < -0.4 is 10.6 Å². The molecule has 0 saturated carbocycles. The van der Waals surface area contributed by atoms with E-state index in [-0.39, 0.29) is 18.3 Å². The van der Waals surface area contributed by atoms with Crippen LogP contribution in [-0.4, -0.2) is 36.1 Å². The molecule has 1 aromatic heterocycles. The van der Waals surface area contributed by atoms with E-state index >= 15 is 0 Å². The van der Waals surface area contributed by atoms with Crippen molar-refractivity contribution in [3.05, 3.63) is 54.1 Å². The minimum absolute atomic E-state index is 0.0880. The molecule has 2 aromatic carbocycles. The standard InChI is InChI=1S/C20H21FN4O2/c1-12(27-3)20(26)23-10-15-8-13(4-6-17(15)21)14-5-7-18-16(9-14)19(22-2)25-11-24-18/h4-9,11-12H,10H2,1-3H3,(H,23,26)(H,22,24,25). The Morgan fingerprint density at radius 2 is 1.93 bits per heavy atom. The van der Waals surface area contributed by atoms with E-state index < -0.39 is 6.10 Å². The van der Waals surface area contributed by atoms with E-state index in [0.29, 0.717) is 5.56 Å². The van der Waals surface area contributed by atoms with Crippen LogP contribution >= 0.6 is 0 Å². The van der Waals surface area contributed by atoms with Crippen LogP contribution in [0.15, 0.2) is 42.7 Å². The molecule has 0 bridgehead atoms. The third-order valence-electron chi connectivity index (χ3n) is 4.43. The third-order valence-corrected chi connectivity index (χ3v) is 4.43. The topological polar surface area (TPSA) is 76.1 Å². The number of amides is 1. The highest BCUT2D eigenvalue weighted by atomic mass is 19.1. The molecule has 1 atom stereocenters. The molecule has 1 amide bonds. The van der Waals surface area contributed by atoms with Crippen molar-refractivity contribution < 1.29 is 13.9 Å².